The van der Waals surface area contributed by atoms with Crippen molar-refractivity contribution in [1.82, 2.24) is 0 Å². The molecule has 0 saturated carbocycles. The third kappa shape index (κ3) is 6.95. The van der Waals surface area contributed by atoms with Gasteiger partial charge < -0.3 is 24.7 Å². The van der Waals surface area contributed by atoms with E-state index < -0.39 is 0 Å². The van der Waals surface area contributed by atoms with Crippen molar-refractivity contribution < 1.29 is 23.3 Å². The smallest absolute Gasteiger partial charge is 0.145 e. The highest BCUT2D eigenvalue weighted by atomic mass is 19.1. The molecular weight excluding hydrogens is 253 g/mol. The third-order valence-corrected chi connectivity index (χ3v) is 2.26. The van der Waals surface area contributed by atoms with E-state index in [-0.39, 0.29) is 5.82 Å². The second-order valence-electron chi connectivity index (χ2n) is 3.75. The van der Waals surface area contributed by atoms with Crippen LogP contribution < -0.4 is 10.5 Å². The number of anilines is 1. The van der Waals surface area contributed by atoms with Crippen LogP contribution >= 0.6 is 0 Å². The molecule has 108 valence electrons. The summed E-state index contributed by atoms with van der Waals surface area (Å²) in [7, 11) is 1.62. The van der Waals surface area contributed by atoms with Crippen molar-refractivity contribution in [1.29, 1.82) is 0 Å². The molecule has 0 fully saturated rings. The standard InChI is InChI=1S/C13H20FNO4/c1-16-4-5-17-6-7-18-8-9-19-13-10-11(14)2-3-12(13)15/h2-3,10H,4-9,15H2,1H3. The Bertz CT molecular complexity index is 362. The average Bonchev–Trinajstić information content (AvgIpc) is 2.40. The largest absolute Gasteiger partial charge is 0.489 e. The zero-order valence-electron chi connectivity index (χ0n) is 11.1. The zero-order chi connectivity index (χ0) is 13.9. The Morgan fingerprint density at radius 2 is 1.63 bits per heavy atom. The van der Waals surface area contributed by atoms with E-state index in [1.807, 2.05) is 0 Å². The maximum atomic E-state index is 12.9. The first kappa shape index (κ1) is 15.7. The maximum Gasteiger partial charge on any atom is 0.145 e. The minimum atomic E-state index is -0.378. The quantitative estimate of drug-likeness (QED) is 0.516. The molecule has 1 aromatic carbocycles. The lowest BCUT2D eigenvalue weighted by Gasteiger charge is -2.09. The second-order valence-corrected chi connectivity index (χ2v) is 3.75. The van der Waals surface area contributed by atoms with E-state index in [1.165, 1.54) is 18.2 Å². The molecule has 0 spiro atoms. The molecule has 0 aliphatic rings. The number of nitrogen functional groups attached to an aromatic ring is 1. The van der Waals surface area contributed by atoms with Crippen LogP contribution in [0.25, 0.3) is 0 Å². The van der Waals surface area contributed by atoms with Crippen LogP contribution in [0.3, 0.4) is 0 Å². The Balaban J connectivity index is 2.03. The molecule has 0 unspecified atom stereocenters. The molecule has 0 aromatic heterocycles. The highest BCUT2D eigenvalue weighted by Crippen LogP contribution is 2.21. The molecule has 0 bridgehead atoms. The van der Waals surface area contributed by atoms with Gasteiger partial charge in [0.25, 0.3) is 0 Å². The van der Waals surface area contributed by atoms with Crippen molar-refractivity contribution in [2.75, 3.05) is 52.5 Å². The van der Waals surface area contributed by atoms with Crippen LogP contribution in [-0.4, -0.2) is 46.8 Å². The minimum absolute atomic E-state index is 0.311. The maximum absolute atomic E-state index is 12.9. The van der Waals surface area contributed by atoms with Gasteiger partial charge in [-0.1, -0.05) is 0 Å². The van der Waals surface area contributed by atoms with Crippen molar-refractivity contribution in [3.8, 4) is 5.75 Å². The molecule has 6 heteroatoms. The number of halogens is 1. The SMILES string of the molecule is COCCOCCOCCOc1cc(F)ccc1N. The van der Waals surface area contributed by atoms with Gasteiger partial charge in [0, 0.05) is 13.2 Å². The molecule has 1 rings (SSSR count). The van der Waals surface area contributed by atoms with E-state index in [4.69, 9.17) is 24.7 Å². The number of hydrogen-bond donors (Lipinski definition) is 1. The first-order chi connectivity index (χ1) is 9.24. The summed E-state index contributed by atoms with van der Waals surface area (Å²) in [4.78, 5) is 0. The lowest BCUT2D eigenvalue weighted by molar-refractivity contribution is 0.0180. The van der Waals surface area contributed by atoms with Crippen LogP contribution in [0.5, 0.6) is 5.75 Å². The van der Waals surface area contributed by atoms with Crippen LogP contribution in [0.2, 0.25) is 0 Å². The molecule has 0 aliphatic heterocycles. The van der Waals surface area contributed by atoms with Gasteiger partial charge in [-0.2, -0.15) is 0 Å². The van der Waals surface area contributed by atoms with Gasteiger partial charge in [-0.05, 0) is 12.1 Å². The Morgan fingerprint density at radius 3 is 2.32 bits per heavy atom. The van der Waals surface area contributed by atoms with Crippen LogP contribution in [-0.2, 0) is 14.2 Å². The van der Waals surface area contributed by atoms with Crippen LogP contribution in [0.4, 0.5) is 10.1 Å². The van der Waals surface area contributed by atoms with Crippen molar-refractivity contribution in [2.45, 2.75) is 0 Å². The van der Waals surface area contributed by atoms with Gasteiger partial charge in [0.1, 0.15) is 18.2 Å². The first-order valence-electron chi connectivity index (χ1n) is 6.06. The highest BCUT2D eigenvalue weighted by Gasteiger charge is 2.01. The fourth-order valence-corrected chi connectivity index (χ4v) is 1.31. The summed E-state index contributed by atoms with van der Waals surface area (Å²) in [6.45, 7) is 2.81. The van der Waals surface area contributed by atoms with Crippen molar-refractivity contribution >= 4 is 5.69 Å². The molecule has 0 radical (unpaired) electrons. The summed E-state index contributed by atoms with van der Waals surface area (Å²) in [5.41, 5.74) is 6.04. The van der Waals surface area contributed by atoms with Crippen molar-refractivity contribution in [2.24, 2.45) is 0 Å². The van der Waals surface area contributed by atoms with E-state index in [0.29, 0.717) is 51.1 Å². The zero-order valence-corrected chi connectivity index (χ0v) is 11.1. The fraction of sp³-hybridized carbons (Fsp3) is 0.538. The first-order valence-corrected chi connectivity index (χ1v) is 6.06. The second kappa shape index (κ2) is 9.55. The van der Waals surface area contributed by atoms with Crippen molar-refractivity contribution in [3.05, 3.63) is 24.0 Å². The van der Waals surface area contributed by atoms with Gasteiger partial charge in [-0.3, -0.25) is 0 Å². The number of hydrogen-bond acceptors (Lipinski definition) is 5. The molecule has 5 nitrogen and oxygen atoms in total. The number of ether oxygens (including phenoxy) is 4. The molecule has 1 aromatic rings. The Morgan fingerprint density at radius 1 is 1.00 bits per heavy atom. The molecule has 19 heavy (non-hydrogen) atoms. The van der Waals surface area contributed by atoms with Crippen LogP contribution in [0.15, 0.2) is 18.2 Å². The van der Waals surface area contributed by atoms with Gasteiger partial charge in [0.05, 0.1) is 38.7 Å². The third-order valence-electron chi connectivity index (χ3n) is 2.26. The average molecular weight is 273 g/mol. The molecule has 0 atom stereocenters. The van der Waals surface area contributed by atoms with Gasteiger partial charge in [-0.15, -0.1) is 0 Å². The molecule has 0 heterocycles. The van der Waals surface area contributed by atoms with Gasteiger partial charge in [0.15, 0.2) is 0 Å². The van der Waals surface area contributed by atoms with Crippen LogP contribution in [0, 0.1) is 5.82 Å². The molecule has 2 N–H and O–H groups in total. The number of nitrogens with two attached hydrogens (primary N) is 1. The van der Waals surface area contributed by atoms with Gasteiger partial charge in [0.2, 0.25) is 0 Å². The van der Waals surface area contributed by atoms with Crippen LogP contribution in [0.1, 0.15) is 0 Å². The summed E-state index contributed by atoms with van der Waals surface area (Å²) >= 11 is 0. The predicted octanol–water partition coefficient (Wildman–Crippen LogP) is 1.47. The summed E-state index contributed by atoms with van der Waals surface area (Å²) in [6, 6.07) is 4.01. The number of rotatable bonds is 10. The predicted molar refractivity (Wildman–Crippen MR) is 69.8 cm³/mol. The number of methoxy groups -OCH3 is 1. The summed E-state index contributed by atoms with van der Waals surface area (Å²) in [5.74, 6) is -0.0448. The Kier molecular flexibility index (Phi) is 7.88. The lowest BCUT2D eigenvalue weighted by Crippen LogP contribution is -2.12. The van der Waals surface area contributed by atoms with E-state index in [0.717, 1.165) is 0 Å². The molecular formula is C13H20FNO4. The molecule has 0 aliphatic carbocycles. The molecule has 0 amide bonds. The van der Waals surface area contributed by atoms with Gasteiger partial charge >= 0.3 is 0 Å². The summed E-state index contributed by atoms with van der Waals surface area (Å²) in [5, 5.41) is 0. The van der Waals surface area contributed by atoms with E-state index in [2.05, 4.69) is 0 Å². The lowest BCUT2D eigenvalue weighted by atomic mass is 10.3. The fourth-order valence-electron chi connectivity index (χ4n) is 1.31. The Labute approximate surface area is 112 Å². The van der Waals surface area contributed by atoms with E-state index in [1.54, 1.807) is 7.11 Å². The molecule has 0 saturated heterocycles. The Hall–Kier alpha value is -1.37. The van der Waals surface area contributed by atoms with Crippen molar-refractivity contribution in [3.63, 3.8) is 0 Å². The minimum Gasteiger partial charge on any atom is -0.489 e. The highest BCUT2D eigenvalue weighted by molar-refractivity contribution is 5.52. The van der Waals surface area contributed by atoms with E-state index >= 15 is 0 Å². The topological polar surface area (TPSA) is 62.9 Å². The summed E-state index contributed by atoms with van der Waals surface area (Å²) in [6.07, 6.45) is 0. The summed E-state index contributed by atoms with van der Waals surface area (Å²) < 4.78 is 33.6. The van der Waals surface area contributed by atoms with Gasteiger partial charge in [-0.25, -0.2) is 4.39 Å². The monoisotopic (exact) mass is 273 g/mol. The number of benzene rings is 1. The van der Waals surface area contributed by atoms with E-state index in [9.17, 15) is 4.39 Å². The normalized spacial score (nSPS) is 10.6.